The molecule has 1 N–H and O–H groups in total. The molecule has 0 fully saturated rings. The number of ether oxygens (including phenoxy) is 3. The van der Waals surface area contributed by atoms with Crippen LogP contribution in [0.5, 0.6) is 5.75 Å². The van der Waals surface area contributed by atoms with E-state index in [2.05, 4.69) is 9.57 Å². The molecule has 11 heteroatoms. The summed E-state index contributed by atoms with van der Waals surface area (Å²) >= 11 is 0. The maximum Gasteiger partial charge on any atom is 0.305 e. The van der Waals surface area contributed by atoms with Gasteiger partial charge >= 0.3 is 5.97 Å². The minimum absolute atomic E-state index is 0.00711. The van der Waals surface area contributed by atoms with E-state index in [1.54, 1.807) is 26.0 Å². The minimum Gasteiger partial charge on any atom is -0.491 e. The number of carbonyl (C=O) groups is 2. The second-order valence-electron chi connectivity index (χ2n) is 6.64. The number of hydrogen-bond acceptors (Lipinski definition) is 9. The summed E-state index contributed by atoms with van der Waals surface area (Å²) in [6.45, 7) is 2.45. The fourth-order valence-electron chi connectivity index (χ4n) is 2.47. The minimum atomic E-state index is -1.02. The van der Waals surface area contributed by atoms with Gasteiger partial charge in [0.2, 0.25) is 5.91 Å². The van der Waals surface area contributed by atoms with Gasteiger partial charge in [-0.1, -0.05) is 12.1 Å². The van der Waals surface area contributed by atoms with Crippen molar-refractivity contribution < 1.29 is 38.8 Å². The predicted octanol–water partition coefficient (Wildman–Crippen LogP) is 0.951. The number of nitrogens with zero attached hydrogens (tertiary/aromatic N) is 2. The molecule has 0 aliphatic rings. The predicted molar refractivity (Wildman–Crippen MR) is 104 cm³/mol. The fourth-order valence-corrected chi connectivity index (χ4v) is 2.47. The molecule has 1 rings (SSSR count). The molecule has 30 heavy (non-hydrogen) atoms. The zero-order chi connectivity index (χ0) is 22.5. The summed E-state index contributed by atoms with van der Waals surface area (Å²) in [7, 11) is 1.34. The third-order valence-electron chi connectivity index (χ3n) is 4.03. The molecule has 1 atom stereocenters. The van der Waals surface area contributed by atoms with Crippen molar-refractivity contribution in [3.8, 4) is 5.75 Å². The zero-order valence-corrected chi connectivity index (χ0v) is 17.3. The lowest BCUT2D eigenvalue weighted by Gasteiger charge is -2.29. The highest BCUT2D eigenvalue weighted by Crippen LogP contribution is 2.14. The Kier molecular flexibility index (Phi) is 11.2. The highest BCUT2D eigenvalue weighted by atomic mass is 17.0. The molecule has 0 aliphatic carbocycles. The van der Waals surface area contributed by atoms with E-state index in [-0.39, 0.29) is 31.6 Å². The molecule has 0 bridgehead atoms. The van der Waals surface area contributed by atoms with E-state index in [1.165, 1.54) is 12.0 Å². The Morgan fingerprint density at radius 2 is 1.90 bits per heavy atom. The molecule has 1 unspecified atom stereocenters. The van der Waals surface area contributed by atoms with Crippen LogP contribution in [-0.4, -0.2) is 72.8 Å². The van der Waals surface area contributed by atoms with Crippen molar-refractivity contribution in [2.45, 2.75) is 38.8 Å². The number of carbonyl (C=O) groups excluding carboxylic acids is 2. The average Bonchev–Trinajstić information content (AvgIpc) is 2.71. The number of rotatable bonds is 14. The van der Waals surface area contributed by atoms with Crippen molar-refractivity contribution in [1.82, 2.24) is 4.90 Å². The van der Waals surface area contributed by atoms with E-state index in [1.807, 2.05) is 12.1 Å². The number of aliphatic hydroxyl groups is 1. The van der Waals surface area contributed by atoms with Gasteiger partial charge in [-0.15, -0.1) is 10.1 Å². The largest absolute Gasteiger partial charge is 0.491 e. The van der Waals surface area contributed by atoms with E-state index in [4.69, 9.17) is 9.47 Å². The summed E-state index contributed by atoms with van der Waals surface area (Å²) in [6, 6.07) is 6.88. The normalized spacial score (nSPS) is 11.6. The highest BCUT2D eigenvalue weighted by Gasteiger charge is 2.21. The van der Waals surface area contributed by atoms with Crippen LogP contribution >= 0.6 is 0 Å². The van der Waals surface area contributed by atoms with Gasteiger partial charge in [-0.25, -0.2) is 0 Å². The van der Waals surface area contributed by atoms with Crippen molar-refractivity contribution >= 4 is 11.9 Å². The molecule has 0 aliphatic heterocycles. The number of benzene rings is 1. The first-order valence-corrected chi connectivity index (χ1v) is 9.34. The molecule has 1 aromatic carbocycles. The lowest BCUT2D eigenvalue weighted by molar-refractivity contribution is -0.767. The summed E-state index contributed by atoms with van der Waals surface area (Å²) in [4.78, 5) is 38.8. The number of aliphatic hydroxyl groups excluding tert-OH is 1. The molecule has 168 valence electrons. The summed E-state index contributed by atoms with van der Waals surface area (Å²) in [6.07, 6.45) is -0.114. The van der Waals surface area contributed by atoms with E-state index in [9.17, 15) is 24.8 Å². The molecular formula is C19H28N2O9. The SMILES string of the molecule is COC(=O)CCc1ccc(OCC(O)CN(C(=O)COCO[N+](=O)[O-])C(C)C)cc1. The van der Waals surface area contributed by atoms with Crippen LogP contribution in [0.25, 0.3) is 0 Å². The van der Waals surface area contributed by atoms with E-state index >= 15 is 0 Å². The molecule has 0 aromatic heterocycles. The fraction of sp³-hybridized carbons (Fsp3) is 0.579. The van der Waals surface area contributed by atoms with Gasteiger partial charge in [0.1, 0.15) is 25.1 Å². The summed E-state index contributed by atoms with van der Waals surface area (Å²) < 4.78 is 15.0. The summed E-state index contributed by atoms with van der Waals surface area (Å²) in [5.41, 5.74) is 0.950. The first-order valence-electron chi connectivity index (χ1n) is 9.34. The lowest BCUT2D eigenvalue weighted by atomic mass is 10.1. The Labute approximate surface area is 174 Å². The second kappa shape index (κ2) is 13.3. The van der Waals surface area contributed by atoms with E-state index < -0.39 is 30.5 Å². The third-order valence-corrected chi connectivity index (χ3v) is 4.03. The standard InChI is InChI=1S/C19H28N2O9/c1-14(2)20(18(23)12-28-13-30-21(25)26)10-16(22)11-29-17-7-4-15(5-8-17)6-9-19(24)27-3/h4-5,7-8,14,16,22H,6,9-13H2,1-3H3. The molecule has 0 spiro atoms. The molecule has 1 amide bonds. The molecule has 0 radical (unpaired) electrons. The van der Waals surface area contributed by atoms with Gasteiger partial charge in [-0.2, -0.15) is 0 Å². The first-order chi connectivity index (χ1) is 14.2. The average molecular weight is 428 g/mol. The van der Waals surface area contributed by atoms with Crippen LogP contribution < -0.4 is 4.74 Å². The third kappa shape index (κ3) is 10.0. The summed E-state index contributed by atoms with van der Waals surface area (Å²) in [5.74, 6) is -0.178. The Morgan fingerprint density at radius 3 is 2.47 bits per heavy atom. The topological polar surface area (TPSA) is 138 Å². The maximum absolute atomic E-state index is 12.2. The lowest BCUT2D eigenvalue weighted by Crippen LogP contribution is -2.45. The molecule has 0 heterocycles. The smallest absolute Gasteiger partial charge is 0.305 e. The van der Waals surface area contributed by atoms with Crippen molar-refractivity contribution in [2.75, 3.05) is 33.7 Å². The first kappa shape index (κ1) is 25.1. The van der Waals surface area contributed by atoms with Gasteiger partial charge in [0.05, 0.1) is 13.7 Å². The van der Waals surface area contributed by atoms with Gasteiger partial charge in [0.25, 0.3) is 5.09 Å². The maximum atomic E-state index is 12.2. The van der Waals surface area contributed by atoms with E-state index in [0.29, 0.717) is 12.2 Å². The van der Waals surface area contributed by atoms with Crippen LogP contribution in [0.15, 0.2) is 24.3 Å². The second-order valence-corrected chi connectivity index (χ2v) is 6.64. The quantitative estimate of drug-likeness (QED) is 0.151. The number of hydrogen-bond donors (Lipinski definition) is 1. The zero-order valence-electron chi connectivity index (χ0n) is 17.3. The van der Waals surface area contributed by atoms with Crippen molar-refractivity contribution in [3.05, 3.63) is 39.9 Å². The Balaban J connectivity index is 2.44. The Hall–Kier alpha value is -2.92. The molecule has 11 nitrogen and oxygen atoms in total. The summed E-state index contributed by atoms with van der Waals surface area (Å²) in [5, 5.41) is 19.3. The van der Waals surface area contributed by atoms with Crippen molar-refractivity contribution in [3.63, 3.8) is 0 Å². The number of aryl methyl sites for hydroxylation is 1. The van der Waals surface area contributed by atoms with Crippen LogP contribution in [0.4, 0.5) is 0 Å². The van der Waals surface area contributed by atoms with Crippen LogP contribution in [0.2, 0.25) is 0 Å². The van der Waals surface area contributed by atoms with E-state index in [0.717, 1.165) is 5.56 Å². The molecule has 1 aromatic rings. The number of methoxy groups -OCH3 is 1. The highest BCUT2D eigenvalue weighted by molar-refractivity contribution is 5.77. The number of amides is 1. The van der Waals surface area contributed by atoms with Crippen LogP contribution in [0.3, 0.4) is 0 Å². The monoisotopic (exact) mass is 428 g/mol. The van der Waals surface area contributed by atoms with Gasteiger partial charge in [0.15, 0.2) is 6.79 Å². The Morgan fingerprint density at radius 1 is 1.23 bits per heavy atom. The Bertz CT molecular complexity index is 679. The van der Waals surface area contributed by atoms with Crippen LogP contribution in [0.1, 0.15) is 25.8 Å². The van der Waals surface area contributed by atoms with Gasteiger partial charge in [-0.05, 0) is 38.0 Å². The van der Waals surface area contributed by atoms with Gasteiger partial charge in [-0.3, -0.25) is 14.4 Å². The van der Waals surface area contributed by atoms with Gasteiger partial charge < -0.3 is 24.2 Å². The molecule has 0 saturated heterocycles. The molecule has 0 saturated carbocycles. The van der Waals surface area contributed by atoms with Crippen molar-refractivity contribution in [2.24, 2.45) is 0 Å². The van der Waals surface area contributed by atoms with Crippen LogP contribution in [-0.2, 0) is 30.3 Å². The van der Waals surface area contributed by atoms with Crippen molar-refractivity contribution in [1.29, 1.82) is 0 Å². The van der Waals surface area contributed by atoms with Gasteiger partial charge in [0, 0.05) is 12.5 Å². The van der Waals surface area contributed by atoms with Crippen LogP contribution in [0, 0.1) is 10.1 Å². The molecular weight excluding hydrogens is 400 g/mol. The number of esters is 1.